The van der Waals surface area contributed by atoms with Gasteiger partial charge in [-0.1, -0.05) is 0 Å². The van der Waals surface area contributed by atoms with Gasteiger partial charge >= 0.3 is 0 Å². The van der Waals surface area contributed by atoms with Crippen LogP contribution in [0, 0.1) is 0 Å². The molecule has 0 unspecified atom stereocenters. The zero-order chi connectivity index (χ0) is 10.2. The van der Waals surface area contributed by atoms with Crippen LogP contribution >= 0.6 is 0 Å². The summed E-state index contributed by atoms with van der Waals surface area (Å²) in [5, 5.41) is 0. The van der Waals surface area contributed by atoms with Crippen molar-refractivity contribution in [3.8, 4) is 5.88 Å². The van der Waals surface area contributed by atoms with Crippen molar-refractivity contribution in [2.24, 2.45) is 5.84 Å². The van der Waals surface area contributed by atoms with Crippen LogP contribution in [-0.2, 0) is 4.74 Å². The maximum atomic E-state index is 5.28. The first-order valence-corrected chi connectivity index (χ1v) is 4.36. The molecule has 0 spiro atoms. The molecule has 0 bridgehead atoms. The standard InChI is InChI=1S/C8H14N4O2/c1-2-13-3-4-14-8-5-7(12-9)10-6-11-8/h5-6H,2-4,9H2,1H3,(H,10,11,12). The Morgan fingerprint density at radius 3 is 3.00 bits per heavy atom. The molecule has 1 aromatic rings. The van der Waals surface area contributed by atoms with Gasteiger partial charge in [-0.3, -0.25) is 0 Å². The van der Waals surface area contributed by atoms with Gasteiger partial charge < -0.3 is 14.9 Å². The van der Waals surface area contributed by atoms with Crippen LogP contribution in [0.25, 0.3) is 0 Å². The van der Waals surface area contributed by atoms with Crippen LogP contribution in [0.4, 0.5) is 5.82 Å². The number of nitrogen functional groups attached to an aromatic ring is 1. The second kappa shape index (κ2) is 6.11. The summed E-state index contributed by atoms with van der Waals surface area (Å²) < 4.78 is 10.4. The Kier molecular flexibility index (Phi) is 4.66. The molecule has 1 rings (SSSR count). The highest BCUT2D eigenvalue weighted by atomic mass is 16.5. The van der Waals surface area contributed by atoms with Crippen LogP contribution in [-0.4, -0.2) is 29.8 Å². The maximum absolute atomic E-state index is 5.28. The molecule has 1 aromatic heterocycles. The fourth-order valence-corrected chi connectivity index (χ4v) is 0.847. The van der Waals surface area contributed by atoms with Gasteiger partial charge in [0.15, 0.2) is 0 Å². The zero-order valence-electron chi connectivity index (χ0n) is 8.06. The van der Waals surface area contributed by atoms with Crippen molar-refractivity contribution in [2.75, 3.05) is 25.2 Å². The summed E-state index contributed by atoms with van der Waals surface area (Å²) in [4.78, 5) is 7.74. The number of hydrazine groups is 1. The van der Waals surface area contributed by atoms with Crippen LogP contribution in [0.5, 0.6) is 5.88 Å². The summed E-state index contributed by atoms with van der Waals surface area (Å²) in [5.41, 5.74) is 2.41. The Morgan fingerprint density at radius 1 is 1.43 bits per heavy atom. The largest absolute Gasteiger partial charge is 0.475 e. The fraction of sp³-hybridized carbons (Fsp3) is 0.500. The Morgan fingerprint density at radius 2 is 2.29 bits per heavy atom. The molecule has 0 saturated carbocycles. The predicted molar refractivity (Wildman–Crippen MR) is 51.8 cm³/mol. The minimum atomic E-state index is 0.467. The van der Waals surface area contributed by atoms with Crippen LogP contribution < -0.4 is 16.0 Å². The fourth-order valence-electron chi connectivity index (χ4n) is 0.847. The lowest BCUT2D eigenvalue weighted by Crippen LogP contribution is -2.10. The average Bonchev–Trinajstić information content (AvgIpc) is 2.25. The molecule has 0 aromatic carbocycles. The van der Waals surface area contributed by atoms with Gasteiger partial charge in [-0.05, 0) is 6.92 Å². The van der Waals surface area contributed by atoms with Crippen molar-refractivity contribution >= 4 is 5.82 Å². The molecule has 6 nitrogen and oxygen atoms in total. The molecule has 0 fully saturated rings. The molecule has 78 valence electrons. The molecule has 1 heterocycles. The third-order valence-corrected chi connectivity index (χ3v) is 1.47. The second-order valence-corrected chi connectivity index (χ2v) is 2.43. The van der Waals surface area contributed by atoms with Gasteiger partial charge in [0.25, 0.3) is 0 Å². The van der Waals surface area contributed by atoms with Gasteiger partial charge in [-0.2, -0.15) is 0 Å². The predicted octanol–water partition coefficient (Wildman–Crippen LogP) is 0.177. The summed E-state index contributed by atoms with van der Waals surface area (Å²) in [5.74, 6) is 6.17. The summed E-state index contributed by atoms with van der Waals surface area (Å²) in [6, 6.07) is 1.62. The number of nitrogens with one attached hydrogen (secondary N) is 1. The monoisotopic (exact) mass is 198 g/mol. The minimum Gasteiger partial charge on any atom is -0.475 e. The molecular formula is C8H14N4O2. The first kappa shape index (κ1) is 10.7. The molecule has 14 heavy (non-hydrogen) atoms. The Labute approximate surface area is 82.4 Å². The van der Waals surface area contributed by atoms with Gasteiger partial charge in [-0.25, -0.2) is 15.8 Å². The van der Waals surface area contributed by atoms with Crippen molar-refractivity contribution < 1.29 is 9.47 Å². The van der Waals surface area contributed by atoms with E-state index < -0.39 is 0 Å². The van der Waals surface area contributed by atoms with Crippen LogP contribution in [0.3, 0.4) is 0 Å². The second-order valence-electron chi connectivity index (χ2n) is 2.43. The number of hydrogen-bond donors (Lipinski definition) is 2. The van der Waals surface area contributed by atoms with Crippen molar-refractivity contribution in [3.05, 3.63) is 12.4 Å². The van der Waals surface area contributed by atoms with E-state index in [1.54, 1.807) is 6.07 Å². The number of anilines is 1. The van der Waals surface area contributed by atoms with E-state index in [0.717, 1.165) is 0 Å². The van der Waals surface area contributed by atoms with Crippen LogP contribution in [0.15, 0.2) is 12.4 Å². The van der Waals surface area contributed by atoms with E-state index in [9.17, 15) is 0 Å². The molecule has 0 atom stereocenters. The summed E-state index contributed by atoms with van der Waals surface area (Å²) in [6.45, 7) is 3.63. The highest BCUT2D eigenvalue weighted by Gasteiger charge is 1.97. The van der Waals surface area contributed by atoms with Crippen molar-refractivity contribution in [2.45, 2.75) is 6.92 Å². The van der Waals surface area contributed by atoms with Crippen molar-refractivity contribution in [3.63, 3.8) is 0 Å². The number of aromatic nitrogens is 2. The van der Waals surface area contributed by atoms with E-state index in [-0.39, 0.29) is 0 Å². The topological polar surface area (TPSA) is 82.3 Å². The number of nitrogens with two attached hydrogens (primary N) is 1. The quantitative estimate of drug-likeness (QED) is 0.385. The highest BCUT2D eigenvalue weighted by Crippen LogP contribution is 2.08. The first-order valence-electron chi connectivity index (χ1n) is 4.36. The average molecular weight is 198 g/mol. The summed E-state index contributed by atoms with van der Waals surface area (Å²) in [6.07, 6.45) is 1.38. The number of ether oxygens (including phenoxy) is 2. The normalized spacial score (nSPS) is 9.86. The third kappa shape index (κ3) is 3.55. The lowest BCUT2D eigenvalue weighted by atomic mass is 10.6. The minimum absolute atomic E-state index is 0.467. The SMILES string of the molecule is CCOCCOc1cc(NN)ncn1. The molecule has 6 heteroatoms. The van der Waals surface area contributed by atoms with Gasteiger partial charge in [0.05, 0.1) is 6.61 Å². The maximum Gasteiger partial charge on any atom is 0.218 e. The Hall–Kier alpha value is -1.40. The lowest BCUT2D eigenvalue weighted by molar-refractivity contribution is 0.108. The molecule has 3 N–H and O–H groups in total. The van der Waals surface area contributed by atoms with E-state index in [1.165, 1.54) is 6.33 Å². The lowest BCUT2D eigenvalue weighted by Gasteiger charge is -2.05. The number of rotatable bonds is 6. The van der Waals surface area contributed by atoms with E-state index in [2.05, 4.69) is 15.4 Å². The molecular weight excluding hydrogens is 184 g/mol. The summed E-state index contributed by atoms with van der Waals surface area (Å²) in [7, 11) is 0. The zero-order valence-corrected chi connectivity index (χ0v) is 8.06. The molecule has 0 radical (unpaired) electrons. The van der Waals surface area contributed by atoms with Crippen molar-refractivity contribution in [1.82, 2.24) is 9.97 Å². The van der Waals surface area contributed by atoms with Gasteiger partial charge in [-0.15, -0.1) is 0 Å². The Bertz CT molecular complexity index is 269. The van der Waals surface area contributed by atoms with Crippen LogP contribution in [0.2, 0.25) is 0 Å². The molecule has 0 aliphatic heterocycles. The number of hydrogen-bond acceptors (Lipinski definition) is 6. The third-order valence-electron chi connectivity index (χ3n) is 1.47. The highest BCUT2D eigenvalue weighted by molar-refractivity contribution is 5.35. The van der Waals surface area contributed by atoms with Crippen molar-refractivity contribution in [1.29, 1.82) is 0 Å². The first-order chi connectivity index (χ1) is 6.86. The van der Waals surface area contributed by atoms with E-state index >= 15 is 0 Å². The summed E-state index contributed by atoms with van der Waals surface area (Å²) >= 11 is 0. The molecule has 0 amide bonds. The molecule has 0 aliphatic rings. The smallest absolute Gasteiger partial charge is 0.218 e. The Balaban J connectivity index is 2.34. The van der Waals surface area contributed by atoms with Gasteiger partial charge in [0, 0.05) is 12.7 Å². The van der Waals surface area contributed by atoms with Gasteiger partial charge in [0.2, 0.25) is 5.88 Å². The number of nitrogens with zero attached hydrogens (tertiary/aromatic N) is 2. The molecule has 0 saturated heterocycles. The molecule has 0 aliphatic carbocycles. The van der Waals surface area contributed by atoms with E-state index in [4.69, 9.17) is 15.3 Å². The van der Waals surface area contributed by atoms with Gasteiger partial charge in [0.1, 0.15) is 18.8 Å². The van der Waals surface area contributed by atoms with E-state index in [1.807, 2.05) is 6.92 Å². The van der Waals surface area contributed by atoms with E-state index in [0.29, 0.717) is 31.5 Å². The van der Waals surface area contributed by atoms with Crippen LogP contribution in [0.1, 0.15) is 6.92 Å².